The van der Waals surface area contributed by atoms with Crippen LogP contribution in [0.4, 0.5) is 10.2 Å². The summed E-state index contributed by atoms with van der Waals surface area (Å²) in [6, 6.07) is 13.6. The van der Waals surface area contributed by atoms with Crippen LogP contribution in [0.5, 0.6) is 0 Å². The maximum Gasteiger partial charge on any atom is 0.252 e. The number of fused-ring (bicyclic) bond motifs is 1. The number of nitrogens with zero attached hydrogens (tertiary/aromatic N) is 2. The predicted molar refractivity (Wildman–Crippen MR) is 107 cm³/mol. The Balaban J connectivity index is 1.77. The Morgan fingerprint density at radius 2 is 1.79 bits per heavy atom. The predicted octanol–water partition coefficient (Wildman–Crippen LogP) is 2.64. The van der Waals surface area contributed by atoms with E-state index < -0.39 is 15.7 Å². The lowest BCUT2D eigenvalue weighted by Crippen LogP contribution is -2.29. The average Bonchev–Trinajstić information content (AvgIpc) is 2.67. The monoisotopic (exact) mass is 401 g/mol. The van der Waals surface area contributed by atoms with Gasteiger partial charge in [-0.25, -0.2) is 17.8 Å². The number of amides is 1. The maximum atomic E-state index is 13.0. The molecule has 146 valence electrons. The smallest absolute Gasteiger partial charge is 0.252 e. The number of nitrogens with one attached hydrogen (secondary N) is 1. The Morgan fingerprint density at radius 3 is 2.46 bits per heavy atom. The lowest BCUT2D eigenvalue weighted by Gasteiger charge is -2.15. The minimum absolute atomic E-state index is 0.0207. The average molecular weight is 401 g/mol. The zero-order chi connectivity index (χ0) is 20.3. The molecule has 0 saturated heterocycles. The third-order valence-corrected chi connectivity index (χ3v) is 5.97. The largest absolute Gasteiger partial charge is 0.363 e. The van der Waals surface area contributed by atoms with Crippen LogP contribution in [0, 0.1) is 5.82 Å². The van der Waals surface area contributed by atoms with Crippen LogP contribution >= 0.6 is 0 Å². The molecule has 1 heterocycles. The minimum atomic E-state index is -3.62. The van der Waals surface area contributed by atoms with Crippen LogP contribution in [0.1, 0.15) is 10.4 Å². The number of rotatable bonds is 6. The van der Waals surface area contributed by atoms with E-state index in [1.54, 1.807) is 17.0 Å². The number of halogens is 1. The number of benzene rings is 2. The van der Waals surface area contributed by atoms with Gasteiger partial charge in [-0.2, -0.15) is 0 Å². The fourth-order valence-corrected chi connectivity index (χ4v) is 3.89. The summed E-state index contributed by atoms with van der Waals surface area (Å²) in [6.07, 6.45) is 0. The van der Waals surface area contributed by atoms with Crippen molar-refractivity contribution in [3.8, 4) is 0 Å². The number of anilines is 1. The molecule has 0 fully saturated rings. The molecule has 0 aliphatic heterocycles. The highest BCUT2D eigenvalue weighted by molar-refractivity contribution is 7.91. The summed E-state index contributed by atoms with van der Waals surface area (Å²) < 4.78 is 37.6. The first-order valence-corrected chi connectivity index (χ1v) is 10.3. The minimum Gasteiger partial charge on any atom is -0.363 e. The van der Waals surface area contributed by atoms with Crippen LogP contribution in [0.15, 0.2) is 59.5 Å². The third-order valence-electron chi connectivity index (χ3n) is 4.23. The fraction of sp³-hybridized carbons (Fsp3) is 0.200. The van der Waals surface area contributed by atoms with Crippen molar-refractivity contribution in [1.82, 2.24) is 10.3 Å². The van der Waals surface area contributed by atoms with Crippen molar-refractivity contribution in [3.63, 3.8) is 0 Å². The number of pyridine rings is 1. The van der Waals surface area contributed by atoms with Crippen LogP contribution in [-0.4, -0.2) is 45.7 Å². The number of aromatic nitrogens is 1. The van der Waals surface area contributed by atoms with Gasteiger partial charge in [0.25, 0.3) is 5.91 Å². The van der Waals surface area contributed by atoms with Gasteiger partial charge in [0.15, 0.2) is 9.84 Å². The molecule has 6 nitrogen and oxygen atoms in total. The molecule has 0 atom stereocenters. The molecule has 3 aromatic rings. The topological polar surface area (TPSA) is 79.4 Å². The number of carbonyl (C=O) groups excluding carboxylic acids is 1. The molecule has 0 saturated carbocycles. The van der Waals surface area contributed by atoms with Gasteiger partial charge in [-0.15, -0.1) is 0 Å². The Labute approximate surface area is 162 Å². The van der Waals surface area contributed by atoms with E-state index in [4.69, 9.17) is 0 Å². The van der Waals surface area contributed by atoms with Crippen molar-refractivity contribution in [1.29, 1.82) is 0 Å². The van der Waals surface area contributed by atoms with Crippen LogP contribution in [0.2, 0.25) is 0 Å². The number of hydrogen-bond acceptors (Lipinski definition) is 5. The van der Waals surface area contributed by atoms with Gasteiger partial charge < -0.3 is 10.2 Å². The van der Waals surface area contributed by atoms with Crippen LogP contribution in [0.25, 0.3) is 10.9 Å². The zero-order valence-corrected chi connectivity index (χ0v) is 16.3. The van der Waals surface area contributed by atoms with Crippen LogP contribution in [0.3, 0.4) is 0 Å². The van der Waals surface area contributed by atoms with Gasteiger partial charge in [0.2, 0.25) is 0 Å². The quantitative estimate of drug-likeness (QED) is 0.643. The molecule has 0 radical (unpaired) electrons. The van der Waals surface area contributed by atoms with Gasteiger partial charge in [-0.1, -0.05) is 18.2 Å². The molecule has 1 aromatic heterocycles. The second-order valence-electron chi connectivity index (χ2n) is 6.47. The molecule has 0 spiro atoms. The van der Waals surface area contributed by atoms with E-state index in [0.717, 1.165) is 12.1 Å². The molecule has 2 aromatic carbocycles. The van der Waals surface area contributed by atoms with E-state index in [1.165, 1.54) is 12.1 Å². The summed E-state index contributed by atoms with van der Waals surface area (Å²) >= 11 is 0. The van der Waals surface area contributed by atoms with Gasteiger partial charge >= 0.3 is 0 Å². The first-order valence-electron chi connectivity index (χ1n) is 8.61. The normalized spacial score (nSPS) is 11.4. The first kappa shape index (κ1) is 19.8. The molecule has 3 rings (SSSR count). The number of carbonyl (C=O) groups is 1. The summed E-state index contributed by atoms with van der Waals surface area (Å²) in [7, 11) is 0.0339. The van der Waals surface area contributed by atoms with Crippen molar-refractivity contribution < 1.29 is 17.6 Å². The Kier molecular flexibility index (Phi) is 5.60. The second-order valence-corrected chi connectivity index (χ2v) is 8.58. The molecule has 0 bridgehead atoms. The van der Waals surface area contributed by atoms with E-state index in [0.29, 0.717) is 22.3 Å². The highest BCUT2D eigenvalue weighted by Gasteiger charge is 2.17. The molecular weight excluding hydrogens is 381 g/mol. The lowest BCUT2D eigenvalue weighted by atomic mass is 10.1. The SMILES string of the molecule is CN(C)c1cc(C(=O)NCCS(=O)(=O)c2ccc(F)cc2)c2ccccc2n1. The molecule has 28 heavy (non-hydrogen) atoms. The highest BCUT2D eigenvalue weighted by Crippen LogP contribution is 2.22. The highest BCUT2D eigenvalue weighted by atomic mass is 32.2. The fourth-order valence-electron chi connectivity index (χ4n) is 2.73. The van der Waals surface area contributed by atoms with Crippen molar-refractivity contribution in [2.24, 2.45) is 0 Å². The van der Waals surface area contributed by atoms with E-state index >= 15 is 0 Å². The molecular formula is C20H20FN3O3S. The van der Waals surface area contributed by atoms with Gasteiger partial charge in [0.05, 0.1) is 21.7 Å². The molecule has 8 heteroatoms. The summed E-state index contributed by atoms with van der Waals surface area (Å²) in [5.41, 5.74) is 1.10. The molecule has 0 aliphatic rings. The molecule has 0 aliphatic carbocycles. The Morgan fingerprint density at radius 1 is 1.11 bits per heavy atom. The van der Waals surface area contributed by atoms with Crippen molar-refractivity contribution in [2.75, 3.05) is 31.3 Å². The Bertz CT molecular complexity index is 1110. The number of hydrogen-bond donors (Lipinski definition) is 1. The summed E-state index contributed by atoms with van der Waals surface area (Å²) in [4.78, 5) is 19.0. The van der Waals surface area contributed by atoms with Gasteiger partial charge in [-0.3, -0.25) is 4.79 Å². The zero-order valence-electron chi connectivity index (χ0n) is 15.5. The van der Waals surface area contributed by atoms with Crippen molar-refractivity contribution in [3.05, 3.63) is 66.0 Å². The lowest BCUT2D eigenvalue weighted by molar-refractivity contribution is 0.0957. The summed E-state index contributed by atoms with van der Waals surface area (Å²) in [6.45, 7) is -0.0630. The third kappa shape index (κ3) is 4.28. The Hall–Kier alpha value is -3.00. The van der Waals surface area contributed by atoms with Gasteiger partial charge in [-0.05, 0) is 36.4 Å². The number of para-hydroxylation sites is 1. The van der Waals surface area contributed by atoms with Crippen LogP contribution in [-0.2, 0) is 9.84 Å². The standard InChI is InChI=1S/C20H20FN3O3S/c1-24(2)19-13-17(16-5-3-4-6-18(16)23-19)20(25)22-11-12-28(26,27)15-9-7-14(21)8-10-15/h3-10,13H,11-12H2,1-2H3,(H,22,25). The summed E-state index contributed by atoms with van der Waals surface area (Å²) in [5.74, 6) is -0.541. The first-order chi connectivity index (χ1) is 13.3. The van der Waals surface area contributed by atoms with E-state index in [9.17, 15) is 17.6 Å². The summed E-state index contributed by atoms with van der Waals surface area (Å²) in [5, 5.41) is 3.34. The molecule has 1 amide bonds. The second kappa shape index (κ2) is 7.93. The van der Waals surface area contributed by atoms with Crippen LogP contribution < -0.4 is 10.2 Å². The van der Waals surface area contributed by atoms with E-state index in [2.05, 4.69) is 10.3 Å². The maximum absolute atomic E-state index is 13.0. The molecule has 0 unspecified atom stereocenters. The molecule has 1 N–H and O–H groups in total. The van der Waals surface area contributed by atoms with Crippen molar-refractivity contribution >= 4 is 32.5 Å². The van der Waals surface area contributed by atoms with E-state index in [-0.39, 0.29) is 23.1 Å². The number of sulfone groups is 1. The van der Waals surface area contributed by atoms with Crippen molar-refractivity contribution in [2.45, 2.75) is 4.90 Å². The van der Waals surface area contributed by atoms with E-state index in [1.807, 2.05) is 32.3 Å². The van der Waals surface area contributed by atoms with Gasteiger partial charge in [0.1, 0.15) is 11.6 Å². The van der Waals surface area contributed by atoms with Gasteiger partial charge in [0, 0.05) is 26.0 Å².